The first-order valence-electron chi connectivity index (χ1n) is 6.32. The van der Waals surface area contributed by atoms with Gasteiger partial charge in [-0.2, -0.15) is 0 Å². The van der Waals surface area contributed by atoms with Crippen molar-refractivity contribution in [3.05, 3.63) is 23.2 Å². The molecule has 1 aromatic heterocycles. The molecule has 6 nitrogen and oxygen atoms in total. The number of hydrogen-bond acceptors (Lipinski definition) is 3. The van der Waals surface area contributed by atoms with E-state index in [0.29, 0.717) is 17.4 Å². The second kappa shape index (κ2) is 5.34. The van der Waals surface area contributed by atoms with Gasteiger partial charge in [-0.15, -0.1) is 0 Å². The predicted molar refractivity (Wildman–Crippen MR) is 68.0 cm³/mol. The lowest BCUT2D eigenvalue weighted by atomic mass is 10.2. The summed E-state index contributed by atoms with van der Waals surface area (Å²) in [5.74, 6) is 0.324. The van der Waals surface area contributed by atoms with Gasteiger partial charge in [-0.1, -0.05) is 6.92 Å². The number of hydrogen-bond donors (Lipinski definition) is 2. The molecule has 0 aliphatic carbocycles. The number of aryl methyl sites for hydroxylation is 1. The van der Waals surface area contributed by atoms with Crippen LogP contribution in [0.4, 0.5) is 4.79 Å². The number of furan rings is 1. The Morgan fingerprint density at radius 1 is 1.58 bits per heavy atom. The number of carbonyl (C=O) groups excluding carboxylic acids is 1. The smallest absolute Gasteiger partial charge is 0.339 e. The third kappa shape index (κ3) is 3.07. The van der Waals surface area contributed by atoms with Crippen molar-refractivity contribution in [1.82, 2.24) is 10.2 Å². The zero-order valence-corrected chi connectivity index (χ0v) is 11.1. The van der Waals surface area contributed by atoms with Gasteiger partial charge in [0.25, 0.3) is 0 Å². The highest BCUT2D eigenvalue weighted by Gasteiger charge is 2.23. The zero-order valence-electron chi connectivity index (χ0n) is 11.1. The van der Waals surface area contributed by atoms with Crippen LogP contribution in [-0.4, -0.2) is 35.1 Å². The van der Waals surface area contributed by atoms with Crippen LogP contribution in [0.3, 0.4) is 0 Å². The minimum Gasteiger partial charge on any atom is -0.478 e. The molecule has 0 spiro atoms. The number of carboxylic acids is 1. The lowest BCUT2D eigenvalue weighted by Crippen LogP contribution is -2.37. The molecule has 2 rings (SSSR count). The normalized spacial score (nSPS) is 18.6. The monoisotopic (exact) mass is 266 g/mol. The number of nitrogens with zero attached hydrogens (tertiary/aromatic N) is 1. The molecule has 0 saturated carbocycles. The number of urea groups is 1. The largest absolute Gasteiger partial charge is 0.478 e. The fraction of sp³-hybridized carbons (Fsp3) is 0.538. The Morgan fingerprint density at radius 3 is 2.84 bits per heavy atom. The Balaban J connectivity index is 1.90. The van der Waals surface area contributed by atoms with E-state index in [9.17, 15) is 9.59 Å². The maximum Gasteiger partial charge on any atom is 0.339 e. The highest BCUT2D eigenvalue weighted by atomic mass is 16.4. The molecule has 0 aromatic carbocycles. The molecule has 19 heavy (non-hydrogen) atoms. The lowest BCUT2D eigenvalue weighted by molar-refractivity contribution is 0.0695. The number of carboxylic acid groups (broad SMARTS) is 1. The SMILES string of the molecule is Cc1oc(CNC(=O)N2CCC(C)C2)cc1C(=O)O. The highest BCUT2D eigenvalue weighted by Crippen LogP contribution is 2.16. The van der Waals surface area contributed by atoms with Crippen LogP contribution in [0.2, 0.25) is 0 Å². The quantitative estimate of drug-likeness (QED) is 0.874. The number of amides is 2. The number of aromatic carboxylic acids is 1. The van der Waals surface area contributed by atoms with Crippen molar-refractivity contribution in [2.45, 2.75) is 26.8 Å². The third-order valence-corrected chi connectivity index (χ3v) is 3.32. The molecule has 104 valence electrons. The van der Waals surface area contributed by atoms with Crippen molar-refractivity contribution in [3.63, 3.8) is 0 Å². The van der Waals surface area contributed by atoms with E-state index in [1.165, 1.54) is 6.07 Å². The Labute approximate surface area is 111 Å². The van der Waals surface area contributed by atoms with Crippen molar-refractivity contribution >= 4 is 12.0 Å². The summed E-state index contributed by atoms with van der Waals surface area (Å²) in [7, 11) is 0. The molecule has 6 heteroatoms. The van der Waals surface area contributed by atoms with Gasteiger partial charge in [0.15, 0.2) is 0 Å². The summed E-state index contributed by atoms with van der Waals surface area (Å²) in [6.45, 7) is 5.45. The van der Waals surface area contributed by atoms with Gasteiger partial charge in [-0.05, 0) is 25.3 Å². The molecular formula is C13H18N2O4. The van der Waals surface area contributed by atoms with E-state index in [1.807, 2.05) is 0 Å². The summed E-state index contributed by atoms with van der Waals surface area (Å²) in [5.41, 5.74) is 0.138. The van der Waals surface area contributed by atoms with Gasteiger partial charge in [0.1, 0.15) is 17.1 Å². The maximum absolute atomic E-state index is 11.8. The molecule has 2 N–H and O–H groups in total. The molecule has 0 bridgehead atoms. The van der Waals surface area contributed by atoms with Gasteiger partial charge < -0.3 is 19.7 Å². The van der Waals surface area contributed by atoms with Gasteiger partial charge in [-0.3, -0.25) is 0 Å². The van der Waals surface area contributed by atoms with Crippen LogP contribution < -0.4 is 5.32 Å². The van der Waals surface area contributed by atoms with Crippen LogP contribution in [-0.2, 0) is 6.54 Å². The van der Waals surface area contributed by atoms with E-state index < -0.39 is 5.97 Å². The van der Waals surface area contributed by atoms with Gasteiger partial charge in [0.05, 0.1) is 6.54 Å². The Bertz CT molecular complexity index is 495. The van der Waals surface area contributed by atoms with Crippen molar-refractivity contribution in [3.8, 4) is 0 Å². The number of nitrogens with one attached hydrogen (secondary N) is 1. The van der Waals surface area contributed by atoms with Crippen LogP contribution in [0, 0.1) is 12.8 Å². The molecule has 1 atom stereocenters. The summed E-state index contributed by atoms with van der Waals surface area (Å²) < 4.78 is 5.30. The molecule has 1 fully saturated rings. The van der Waals surface area contributed by atoms with Crippen LogP contribution >= 0.6 is 0 Å². The van der Waals surface area contributed by atoms with E-state index in [-0.39, 0.29) is 18.1 Å². The van der Waals surface area contributed by atoms with Crippen LogP contribution in [0.15, 0.2) is 10.5 Å². The molecule has 1 aliphatic rings. The van der Waals surface area contributed by atoms with Crippen molar-refractivity contribution in [2.75, 3.05) is 13.1 Å². The minimum absolute atomic E-state index is 0.129. The second-order valence-electron chi connectivity index (χ2n) is 4.99. The van der Waals surface area contributed by atoms with Crippen molar-refractivity contribution < 1.29 is 19.1 Å². The fourth-order valence-electron chi connectivity index (χ4n) is 2.24. The van der Waals surface area contributed by atoms with Crippen LogP contribution in [0.5, 0.6) is 0 Å². The van der Waals surface area contributed by atoms with E-state index in [1.54, 1.807) is 11.8 Å². The lowest BCUT2D eigenvalue weighted by Gasteiger charge is -2.16. The molecule has 0 radical (unpaired) electrons. The zero-order chi connectivity index (χ0) is 14.0. The average Bonchev–Trinajstić information content (AvgIpc) is 2.92. The van der Waals surface area contributed by atoms with E-state index in [4.69, 9.17) is 9.52 Å². The van der Waals surface area contributed by atoms with Crippen LogP contribution in [0.1, 0.15) is 35.2 Å². The molecular weight excluding hydrogens is 248 g/mol. The number of carbonyl (C=O) groups is 2. The van der Waals surface area contributed by atoms with E-state index in [0.717, 1.165) is 19.5 Å². The standard InChI is InChI=1S/C13H18N2O4/c1-8-3-4-15(7-8)13(18)14-6-10-5-11(12(16)17)9(2)19-10/h5,8H,3-4,6-7H2,1-2H3,(H,14,18)(H,16,17). The highest BCUT2D eigenvalue weighted by molar-refractivity contribution is 5.88. The summed E-state index contributed by atoms with van der Waals surface area (Å²) >= 11 is 0. The fourth-order valence-corrected chi connectivity index (χ4v) is 2.24. The Kier molecular flexibility index (Phi) is 3.78. The molecule has 1 unspecified atom stereocenters. The maximum atomic E-state index is 11.8. The molecule has 1 saturated heterocycles. The second-order valence-corrected chi connectivity index (χ2v) is 4.99. The Hall–Kier alpha value is -1.98. The van der Waals surface area contributed by atoms with Crippen molar-refractivity contribution in [1.29, 1.82) is 0 Å². The number of likely N-dealkylation sites (tertiary alicyclic amines) is 1. The predicted octanol–water partition coefficient (Wildman–Crippen LogP) is 1.84. The first-order valence-corrected chi connectivity index (χ1v) is 6.32. The summed E-state index contributed by atoms with van der Waals surface area (Å²) in [6, 6.07) is 1.32. The Morgan fingerprint density at radius 2 is 2.32 bits per heavy atom. The first kappa shape index (κ1) is 13.5. The number of rotatable bonds is 3. The van der Waals surface area contributed by atoms with E-state index in [2.05, 4.69) is 12.2 Å². The van der Waals surface area contributed by atoms with Crippen molar-refractivity contribution in [2.24, 2.45) is 5.92 Å². The molecule has 2 amide bonds. The van der Waals surface area contributed by atoms with Gasteiger partial charge in [-0.25, -0.2) is 9.59 Å². The van der Waals surface area contributed by atoms with Gasteiger partial charge in [0.2, 0.25) is 0 Å². The topological polar surface area (TPSA) is 82.8 Å². The van der Waals surface area contributed by atoms with Gasteiger partial charge in [0, 0.05) is 13.1 Å². The summed E-state index contributed by atoms with van der Waals surface area (Å²) in [5, 5.41) is 11.6. The summed E-state index contributed by atoms with van der Waals surface area (Å²) in [6.07, 6.45) is 1.02. The average molecular weight is 266 g/mol. The van der Waals surface area contributed by atoms with E-state index >= 15 is 0 Å². The minimum atomic E-state index is -1.02. The molecule has 2 heterocycles. The molecule has 1 aliphatic heterocycles. The third-order valence-electron chi connectivity index (χ3n) is 3.32. The molecule has 1 aromatic rings. The first-order chi connectivity index (χ1) is 8.97. The van der Waals surface area contributed by atoms with Gasteiger partial charge >= 0.3 is 12.0 Å². The summed E-state index contributed by atoms with van der Waals surface area (Å²) in [4.78, 5) is 24.5. The van der Waals surface area contributed by atoms with Crippen LogP contribution in [0.25, 0.3) is 0 Å².